The van der Waals surface area contributed by atoms with Crippen LogP contribution >= 0.6 is 0 Å². The third-order valence-corrected chi connectivity index (χ3v) is 7.35. The molecule has 2 saturated carbocycles. The second-order valence-corrected chi connectivity index (χ2v) is 9.62. The molecule has 2 rings (SSSR count). The summed E-state index contributed by atoms with van der Waals surface area (Å²) in [5, 5.41) is 3.95. The first-order valence-electron chi connectivity index (χ1n) is 9.90. The summed E-state index contributed by atoms with van der Waals surface area (Å²) in [5.41, 5.74) is 0.393. The van der Waals surface area contributed by atoms with Gasteiger partial charge in [-0.05, 0) is 56.8 Å². The number of rotatable bonds is 9. The molecular weight excluding hydrogens is 318 g/mol. The molecule has 0 heterocycles. The average molecular weight is 356 g/mol. The fourth-order valence-electron chi connectivity index (χ4n) is 4.75. The van der Waals surface area contributed by atoms with Crippen molar-refractivity contribution >= 4 is 11.1 Å². The minimum atomic E-state index is -1.22. The van der Waals surface area contributed by atoms with Crippen LogP contribution in [-0.2, 0) is 15.3 Å². The number of hydrogen-bond donors (Lipinski definition) is 1. The van der Waals surface area contributed by atoms with Crippen LogP contribution in [0.2, 0.25) is 0 Å². The van der Waals surface area contributed by atoms with Crippen LogP contribution in [0.15, 0.2) is 12.2 Å². The maximum absolute atomic E-state index is 11.7. The minimum absolute atomic E-state index is 0.0413. The van der Waals surface area contributed by atoms with E-state index in [9.17, 15) is 4.21 Å². The summed E-state index contributed by atoms with van der Waals surface area (Å²) in [6.07, 6.45) is 15.1. The van der Waals surface area contributed by atoms with E-state index in [1.54, 1.807) is 0 Å². The molecule has 0 saturated heterocycles. The molecule has 24 heavy (non-hydrogen) atoms. The molecule has 2 bridgehead atoms. The van der Waals surface area contributed by atoms with Gasteiger partial charge in [0.15, 0.2) is 11.1 Å². The van der Waals surface area contributed by atoms with Gasteiger partial charge in [0, 0.05) is 12.1 Å². The zero-order chi connectivity index (χ0) is 17.6. The highest BCUT2D eigenvalue weighted by atomic mass is 32.2. The van der Waals surface area contributed by atoms with Crippen LogP contribution in [0.1, 0.15) is 72.1 Å². The second-order valence-electron chi connectivity index (χ2n) is 8.02. The van der Waals surface area contributed by atoms with Crippen molar-refractivity contribution in [2.45, 2.75) is 82.9 Å². The summed E-state index contributed by atoms with van der Waals surface area (Å²) >= 11 is -1.22. The van der Waals surface area contributed by atoms with Gasteiger partial charge in [0.2, 0.25) is 0 Å². The molecule has 2 aliphatic carbocycles. The molecule has 0 spiro atoms. The average Bonchev–Trinajstić information content (AvgIpc) is 2.60. The van der Waals surface area contributed by atoms with Crippen LogP contribution in [0.4, 0.5) is 0 Å². The van der Waals surface area contributed by atoms with Crippen molar-refractivity contribution < 1.29 is 8.39 Å². The fourth-order valence-corrected chi connectivity index (χ4v) is 5.27. The lowest BCUT2D eigenvalue weighted by atomic mass is 9.63. The Labute approximate surface area is 151 Å². The normalized spacial score (nSPS) is 34.2. The second kappa shape index (κ2) is 9.49. The van der Waals surface area contributed by atoms with E-state index >= 15 is 0 Å². The van der Waals surface area contributed by atoms with Crippen LogP contribution < -0.4 is 5.32 Å². The summed E-state index contributed by atoms with van der Waals surface area (Å²) in [5.74, 6) is 2.37. The lowest BCUT2D eigenvalue weighted by molar-refractivity contribution is 0.0737. The van der Waals surface area contributed by atoms with Crippen molar-refractivity contribution in [3.05, 3.63) is 12.2 Å². The van der Waals surface area contributed by atoms with Crippen LogP contribution in [0.5, 0.6) is 0 Å². The van der Waals surface area contributed by atoms with E-state index in [0.717, 1.165) is 24.8 Å². The van der Waals surface area contributed by atoms with Crippen molar-refractivity contribution in [3.63, 3.8) is 0 Å². The molecule has 0 aromatic rings. The Morgan fingerprint density at radius 3 is 2.79 bits per heavy atom. The van der Waals surface area contributed by atoms with E-state index < -0.39 is 11.1 Å². The quantitative estimate of drug-likeness (QED) is 0.614. The van der Waals surface area contributed by atoms with Crippen LogP contribution in [0.3, 0.4) is 0 Å². The first kappa shape index (κ1) is 20.1. The largest absolute Gasteiger partial charge is 0.311 e. The Morgan fingerprint density at radius 2 is 2.12 bits per heavy atom. The summed E-state index contributed by atoms with van der Waals surface area (Å²) in [6.45, 7) is 7.59. The third kappa shape index (κ3) is 5.40. The monoisotopic (exact) mass is 355 g/mol. The summed E-state index contributed by atoms with van der Waals surface area (Å²) in [7, 11) is 1.51. The van der Waals surface area contributed by atoms with Crippen molar-refractivity contribution in [2.24, 2.45) is 17.8 Å². The molecule has 2 fully saturated rings. The van der Waals surface area contributed by atoms with E-state index in [-0.39, 0.29) is 5.25 Å². The van der Waals surface area contributed by atoms with Gasteiger partial charge in [-0.25, -0.2) is 4.21 Å². The summed E-state index contributed by atoms with van der Waals surface area (Å²) < 4.78 is 16.6. The van der Waals surface area contributed by atoms with E-state index in [2.05, 4.69) is 31.3 Å². The number of hydrogen-bond acceptors (Lipinski definition) is 3. The number of nitrogens with one attached hydrogen (secondary N) is 1. The van der Waals surface area contributed by atoms with Gasteiger partial charge in [0.25, 0.3) is 0 Å². The molecule has 0 aromatic heterocycles. The van der Waals surface area contributed by atoms with E-state index in [1.807, 2.05) is 6.92 Å². The zero-order valence-corrected chi connectivity index (χ0v) is 16.9. The highest BCUT2D eigenvalue weighted by molar-refractivity contribution is 7.81. The van der Waals surface area contributed by atoms with Crippen molar-refractivity contribution in [1.29, 1.82) is 0 Å². The Morgan fingerprint density at radius 1 is 1.33 bits per heavy atom. The molecule has 6 atom stereocenters. The smallest absolute Gasteiger partial charge is 0.162 e. The van der Waals surface area contributed by atoms with Gasteiger partial charge in [0.1, 0.15) is 0 Å². The molecule has 1 N–H and O–H groups in total. The molecule has 6 unspecified atom stereocenters. The van der Waals surface area contributed by atoms with Gasteiger partial charge < -0.3 is 5.32 Å². The van der Waals surface area contributed by atoms with Crippen molar-refractivity contribution in [2.75, 3.05) is 13.7 Å². The Bertz CT molecular complexity index is 439. The molecule has 140 valence electrons. The number of fused-ring (bicyclic) bond motifs is 2. The van der Waals surface area contributed by atoms with Crippen molar-refractivity contribution in [3.8, 4) is 0 Å². The Kier molecular flexibility index (Phi) is 7.96. The van der Waals surface area contributed by atoms with Gasteiger partial charge in [-0.1, -0.05) is 45.3 Å². The molecule has 0 amide bonds. The molecule has 0 radical (unpaired) electrons. The van der Waals surface area contributed by atoms with Gasteiger partial charge in [-0.3, -0.25) is 4.18 Å². The fraction of sp³-hybridized carbons (Fsp3) is 0.900. The van der Waals surface area contributed by atoms with Gasteiger partial charge in [0.05, 0.1) is 12.4 Å². The Hall–Kier alpha value is -0.190. The summed E-state index contributed by atoms with van der Waals surface area (Å²) in [6, 6.07) is 0. The van der Waals surface area contributed by atoms with Crippen LogP contribution in [0, 0.1) is 17.8 Å². The molecule has 3 nitrogen and oxygen atoms in total. The van der Waals surface area contributed by atoms with Gasteiger partial charge in [-0.2, -0.15) is 0 Å². The predicted molar refractivity (Wildman–Crippen MR) is 103 cm³/mol. The molecule has 0 aliphatic heterocycles. The lowest BCUT2D eigenvalue weighted by Crippen LogP contribution is -2.54. The molecule has 0 aromatic carbocycles. The zero-order valence-electron chi connectivity index (χ0n) is 16.1. The molecular formula is C20H37NO2S. The highest BCUT2D eigenvalue weighted by Gasteiger charge is 2.42. The maximum atomic E-state index is 11.7. The maximum Gasteiger partial charge on any atom is 0.162 e. The minimum Gasteiger partial charge on any atom is -0.311 e. The SMILES string of the molecule is CCC(C=CC(C)S(=O)OC)CNC12CCCC(CC(CC)C1)C2. The van der Waals surface area contributed by atoms with E-state index in [1.165, 1.54) is 52.1 Å². The molecule has 2 aliphatic rings. The standard InChI is InChI=1S/C20H37NO2S/c1-5-17(10-9-16(3)24(22)23-4)15-21-20-11-7-8-19(14-20)12-18(6-2)13-20/h9-10,16-19,21H,5-8,11-15H2,1-4H3. The first-order chi connectivity index (χ1) is 11.5. The van der Waals surface area contributed by atoms with Crippen LogP contribution in [0.25, 0.3) is 0 Å². The lowest BCUT2D eigenvalue weighted by Gasteiger charge is -2.49. The Balaban J connectivity index is 1.91. The predicted octanol–water partition coefficient (Wildman–Crippen LogP) is 4.61. The van der Waals surface area contributed by atoms with E-state index in [4.69, 9.17) is 4.18 Å². The topological polar surface area (TPSA) is 38.3 Å². The first-order valence-corrected chi connectivity index (χ1v) is 11.0. The van der Waals surface area contributed by atoms with Gasteiger partial charge in [-0.15, -0.1) is 0 Å². The third-order valence-electron chi connectivity index (χ3n) is 6.26. The van der Waals surface area contributed by atoms with Crippen molar-refractivity contribution in [1.82, 2.24) is 5.32 Å². The molecule has 4 heteroatoms. The van der Waals surface area contributed by atoms with Crippen LogP contribution in [-0.4, -0.2) is 28.7 Å². The summed E-state index contributed by atoms with van der Waals surface area (Å²) in [4.78, 5) is 0. The highest BCUT2D eigenvalue weighted by Crippen LogP contribution is 2.46. The van der Waals surface area contributed by atoms with E-state index in [0.29, 0.717) is 11.5 Å². The van der Waals surface area contributed by atoms with Gasteiger partial charge >= 0.3 is 0 Å².